The normalized spacial score (nSPS) is 10.0. The van der Waals surface area contributed by atoms with Gasteiger partial charge in [0.1, 0.15) is 10.6 Å². The number of thiophene rings is 1. The first-order valence-electron chi connectivity index (χ1n) is 5.00. The summed E-state index contributed by atoms with van der Waals surface area (Å²) in [5, 5.41) is 20.9. The molecule has 0 aliphatic rings. The summed E-state index contributed by atoms with van der Waals surface area (Å²) in [6.07, 6.45) is 0. The van der Waals surface area contributed by atoms with Crippen LogP contribution in [0.4, 0.5) is 5.00 Å². The Kier molecular flexibility index (Phi) is 3.29. The highest BCUT2D eigenvalue weighted by molar-refractivity contribution is 7.18. The molecule has 0 aliphatic carbocycles. The zero-order valence-corrected chi connectivity index (χ0v) is 9.90. The van der Waals surface area contributed by atoms with E-state index in [2.05, 4.69) is 5.32 Å². The van der Waals surface area contributed by atoms with Gasteiger partial charge in [0.15, 0.2) is 0 Å². The number of carboxylic acid groups (broad SMARTS) is 1. The van der Waals surface area contributed by atoms with Crippen molar-refractivity contribution in [1.82, 2.24) is 0 Å². The summed E-state index contributed by atoms with van der Waals surface area (Å²) in [5.74, 6) is -1.30. The van der Waals surface area contributed by atoms with Crippen LogP contribution in [0.15, 0.2) is 36.4 Å². The summed E-state index contributed by atoms with van der Waals surface area (Å²) in [7, 11) is 0. The van der Waals surface area contributed by atoms with Crippen LogP contribution in [0.1, 0.15) is 20.0 Å². The number of anilines is 1. The number of carbonyl (C=O) groups is 2. The molecule has 0 atom stereocenters. The zero-order valence-electron chi connectivity index (χ0n) is 9.08. The van der Waals surface area contributed by atoms with Crippen molar-refractivity contribution < 1.29 is 19.8 Å². The minimum absolute atomic E-state index is 0.0795. The second-order valence-corrected chi connectivity index (χ2v) is 4.55. The summed E-state index contributed by atoms with van der Waals surface area (Å²) in [6, 6.07) is 8.75. The van der Waals surface area contributed by atoms with Crippen molar-refractivity contribution in [1.29, 1.82) is 0 Å². The number of rotatable bonds is 3. The van der Waals surface area contributed by atoms with Gasteiger partial charge in [0.05, 0.1) is 5.00 Å². The molecule has 6 heteroatoms. The van der Waals surface area contributed by atoms with Crippen LogP contribution in [0.3, 0.4) is 0 Å². The summed E-state index contributed by atoms with van der Waals surface area (Å²) >= 11 is 0.986. The number of carboxylic acids is 1. The fraction of sp³-hybridized carbons (Fsp3) is 0. The molecule has 5 nitrogen and oxygen atoms in total. The summed E-state index contributed by atoms with van der Waals surface area (Å²) in [4.78, 5) is 22.6. The molecule has 2 rings (SSSR count). The monoisotopic (exact) mass is 263 g/mol. The van der Waals surface area contributed by atoms with Gasteiger partial charge in [0, 0.05) is 5.56 Å². The third kappa shape index (κ3) is 2.67. The van der Waals surface area contributed by atoms with Crippen LogP contribution >= 0.6 is 11.3 Å². The number of phenols is 1. The molecule has 0 radical (unpaired) electrons. The van der Waals surface area contributed by atoms with Crippen LogP contribution in [-0.2, 0) is 0 Å². The molecule has 0 aliphatic heterocycles. The van der Waals surface area contributed by atoms with Gasteiger partial charge in [-0.1, -0.05) is 0 Å². The van der Waals surface area contributed by atoms with Crippen LogP contribution in [0.25, 0.3) is 0 Å². The topological polar surface area (TPSA) is 86.6 Å². The average Bonchev–Trinajstić information content (AvgIpc) is 2.78. The molecular formula is C12H9NO4S. The predicted octanol–water partition coefficient (Wildman–Crippen LogP) is 2.40. The van der Waals surface area contributed by atoms with Crippen molar-refractivity contribution >= 4 is 28.2 Å². The Morgan fingerprint density at radius 1 is 1.06 bits per heavy atom. The van der Waals surface area contributed by atoms with Gasteiger partial charge in [0.2, 0.25) is 0 Å². The van der Waals surface area contributed by atoms with Crippen LogP contribution in [0.5, 0.6) is 5.75 Å². The lowest BCUT2D eigenvalue weighted by Gasteiger charge is -2.02. The second kappa shape index (κ2) is 4.89. The fourth-order valence-electron chi connectivity index (χ4n) is 1.32. The van der Waals surface area contributed by atoms with E-state index in [-0.39, 0.29) is 16.5 Å². The van der Waals surface area contributed by atoms with Gasteiger partial charge in [-0.15, -0.1) is 11.3 Å². The van der Waals surface area contributed by atoms with E-state index < -0.39 is 5.97 Å². The molecule has 1 aromatic heterocycles. The number of aromatic carboxylic acids is 1. The number of benzene rings is 1. The molecule has 0 bridgehead atoms. The van der Waals surface area contributed by atoms with E-state index in [1.165, 1.54) is 36.4 Å². The summed E-state index contributed by atoms with van der Waals surface area (Å²) in [6.45, 7) is 0. The number of aromatic hydroxyl groups is 1. The van der Waals surface area contributed by atoms with E-state index in [1.54, 1.807) is 0 Å². The van der Waals surface area contributed by atoms with Crippen molar-refractivity contribution in [2.45, 2.75) is 0 Å². The van der Waals surface area contributed by atoms with Crippen molar-refractivity contribution in [2.24, 2.45) is 0 Å². The van der Waals surface area contributed by atoms with Crippen molar-refractivity contribution in [3.8, 4) is 5.75 Å². The van der Waals surface area contributed by atoms with Gasteiger partial charge in [-0.25, -0.2) is 4.79 Å². The van der Waals surface area contributed by atoms with Crippen LogP contribution < -0.4 is 5.32 Å². The molecule has 0 saturated carbocycles. The molecule has 0 saturated heterocycles. The van der Waals surface area contributed by atoms with Gasteiger partial charge >= 0.3 is 5.97 Å². The lowest BCUT2D eigenvalue weighted by atomic mass is 10.2. The molecule has 0 unspecified atom stereocenters. The molecule has 1 amide bonds. The smallest absolute Gasteiger partial charge is 0.345 e. The largest absolute Gasteiger partial charge is 0.508 e. The molecule has 1 heterocycles. The van der Waals surface area contributed by atoms with Crippen LogP contribution in [-0.4, -0.2) is 22.1 Å². The Hall–Kier alpha value is -2.34. The molecule has 0 spiro atoms. The standard InChI is InChI=1S/C12H9NO4S/c14-8-3-1-7(2-4-8)11(15)13-10-6-5-9(18-10)12(16)17/h1-6,14H,(H,13,15)(H,16,17). The van der Waals surface area contributed by atoms with E-state index in [0.29, 0.717) is 10.6 Å². The maximum atomic E-state index is 11.8. The third-order valence-corrected chi connectivity index (χ3v) is 3.17. The SMILES string of the molecule is O=C(Nc1ccc(C(=O)O)s1)c1ccc(O)cc1. The lowest BCUT2D eigenvalue weighted by molar-refractivity contribution is 0.0702. The molecule has 3 N–H and O–H groups in total. The Morgan fingerprint density at radius 3 is 2.28 bits per heavy atom. The predicted molar refractivity (Wildman–Crippen MR) is 67.3 cm³/mol. The first kappa shape index (κ1) is 12.1. The van der Waals surface area contributed by atoms with E-state index in [4.69, 9.17) is 10.2 Å². The van der Waals surface area contributed by atoms with Gasteiger partial charge < -0.3 is 15.5 Å². The van der Waals surface area contributed by atoms with Gasteiger partial charge in [-0.3, -0.25) is 4.79 Å². The van der Waals surface area contributed by atoms with E-state index in [9.17, 15) is 9.59 Å². The minimum atomic E-state index is -1.02. The highest BCUT2D eigenvalue weighted by atomic mass is 32.1. The van der Waals surface area contributed by atoms with Crippen LogP contribution in [0, 0.1) is 0 Å². The van der Waals surface area contributed by atoms with Gasteiger partial charge in [-0.05, 0) is 36.4 Å². The first-order chi connectivity index (χ1) is 8.56. The second-order valence-electron chi connectivity index (χ2n) is 3.47. The highest BCUT2D eigenvalue weighted by Gasteiger charge is 2.10. The molecular weight excluding hydrogens is 254 g/mol. The Balaban J connectivity index is 2.11. The van der Waals surface area contributed by atoms with Crippen molar-refractivity contribution in [2.75, 3.05) is 5.32 Å². The molecule has 2 aromatic rings. The van der Waals surface area contributed by atoms with Crippen LogP contribution in [0.2, 0.25) is 0 Å². The van der Waals surface area contributed by atoms with E-state index in [1.807, 2.05) is 0 Å². The first-order valence-corrected chi connectivity index (χ1v) is 5.81. The maximum absolute atomic E-state index is 11.8. The minimum Gasteiger partial charge on any atom is -0.508 e. The number of phenolic OH excluding ortho intramolecular Hbond substituents is 1. The molecule has 0 fully saturated rings. The summed E-state index contributed by atoms with van der Waals surface area (Å²) in [5.41, 5.74) is 0.387. The number of hydrogen-bond donors (Lipinski definition) is 3. The number of amides is 1. The zero-order chi connectivity index (χ0) is 13.1. The van der Waals surface area contributed by atoms with E-state index in [0.717, 1.165) is 11.3 Å². The summed E-state index contributed by atoms with van der Waals surface area (Å²) < 4.78 is 0. The van der Waals surface area contributed by atoms with Crippen molar-refractivity contribution in [3.05, 3.63) is 46.8 Å². The maximum Gasteiger partial charge on any atom is 0.345 e. The van der Waals surface area contributed by atoms with Crippen molar-refractivity contribution in [3.63, 3.8) is 0 Å². The number of nitrogens with one attached hydrogen (secondary N) is 1. The lowest BCUT2D eigenvalue weighted by Crippen LogP contribution is -2.10. The fourth-order valence-corrected chi connectivity index (χ4v) is 2.06. The third-order valence-electron chi connectivity index (χ3n) is 2.18. The number of hydrogen-bond acceptors (Lipinski definition) is 4. The van der Waals surface area contributed by atoms with Gasteiger partial charge in [0.25, 0.3) is 5.91 Å². The molecule has 1 aromatic carbocycles. The van der Waals surface area contributed by atoms with E-state index >= 15 is 0 Å². The molecule has 18 heavy (non-hydrogen) atoms. The highest BCUT2D eigenvalue weighted by Crippen LogP contribution is 2.22. The quantitative estimate of drug-likeness (QED) is 0.793. The molecule has 92 valence electrons. The van der Waals surface area contributed by atoms with Gasteiger partial charge in [-0.2, -0.15) is 0 Å². The Labute approximate surface area is 106 Å². The average molecular weight is 263 g/mol. The Bertz CT molecular complexity index is 588. The Morgan fingerprint density at radius 2 is 1.72 bits per heavy atom. The number of carbonyl (C=O) groups excluding carboxylic acids is 1.